The zero-order chi connectivity index (χ0) is 15.1. The van der Waals surface area contributed by atoms with Crippen molar-refractivity contribution in [3.8, 4) is 5.75 Å². The maximum Gasteiger partial charge on any atom is 0.313 e. The van der Waals surface area contributed by atoms with Gasteiger partial charge in [0.25, 0.3) is 0 Å². The first-order valence-corrected chi connectivity index (χ1v) is 6.44. The van der Waals surface area contributed by atoms with Gasteiger partial charge in [-0.15, -0.1) is 0 Å². The SMILES string of the molecule is COc1ccccc1NC(=O)C(=O)NCCc1ccoc1. The molecular weight excluding hydrogens is 272 g/mol. The summed E-state index contributed by atoms with van der Waals surface area (Å²) in [6, 6.07) is 8.69. The number of carbonyl (C=O) groups is 2. The molecule has 1 heterocycles. The van der Waals surface area contributed by atoms with E-state index in [2.05, 4.69) is 10.6 Å². The summed E-state index contributed by atoms with van der Waals surface area (Å²) >= 11 is 0. The zero-order valence-electron chi connectivity index (χ0n) is 11.6. The molecule has 0 aliphatic heterocycles. The second kappa shape index (κ2) is 7.14. The Balaban J connectivity index is 1.83. The summed E-state index contributed by atoms with van der Waals surface area (Å²) in [4.78, 5) is 23.5. The lowest BCUT2D eigenvalue weighted by molar-refractivity contribution is -0.136. The number of rotatable bonds is 5. The van der Waals surface area contributed by atoms with Crippen molar-refractivity contribution < 1.29 is 18.7 Å². The van der Waals surface area contributed by atoms with Crippen molar-refractivity contribution in [3.05, 3.63) is 48.4 Å². The number of methoxy groups -OCH3 is 1. The summed E-state index contributed by atoms with van der Waals surface area (Å²) in [5, 5.41) is 5.06. The van der Waals surface area contributed by atoms with Crippen LogP contribution in [0, 0.1) is 0 Å². The van der Waals surface area contributed by atoms with E-state index in [1.54, 1.807) is 42.9 Å². The lowest BCUT2D eigenvalue weighted by atomic mass is 10.2. The van der Waals surface area contributed by atoms with E-state index in [1.165, 1.54) is 7.11 Å². The Morgan fingerprint density at radius 2 is 2.00 bits per heavy atom. The normalized spacial score (nSPS) is 9.95. The molecule has 1 aromatic heterocycles. The Bertz CT molecular complexity index is 608. The van der Waals surface area contributed by atoms with E-state index in [9.17, 15) is 9.59 Å². The quantitative estimate of drug-likeness (QED) is 0.819. The highest BCUT2D eigenvalue weighted by atomic mass is 16.5. The highest BCUT2D eigenvalue weighted by Crippen LogP contribution is 2.22. The third-order valence-electron chi connectivity index (χ3n) is 2.84. The van der Waals surface area contributed by atoms with Crippen molar-refractivity contribution in [3.63, 3.8) is 0 Å². The molecule has 6 heteroatoms. The number of ether oxygens (including phenoxy) is 1. The topological polar surface area (TPSA) is 80.6 Å². The van der Waals surface area contributed by atoms with Crippen molar-refractivity contribution >= 4 is 17.5 Å². The van der Waals surface area contributed by atoms with Crippen LogP contribution in [0.2, 0.25) is 0 Å². The Labute approximate surface area is 122 Å². The first kappa shape index (κ1) is 14.6. The van der Waals surface area contributed by atoms with Crippen molar-refractivity contribution in [2.75, 3.05) is 19.0 Å². The van der Waals surface area contributed by atoms with Crippen LogP contribution in [0.25, 0.3) is 0 Å². The number of carbonyl (C=O) groups excluding carboxylic acids is 2. The second-order valence-electron chi connectivity index (χ2n) is 4.29. The molecule has 2 N–H and O–H groups in total. The first-order valence-electron chi connectivity index (χ1n) is 6.44. The number of benzene rings is 1. The van der Waals surface area contributed by atoms with Gasteiger partial charge in [-0.2, -0.15) is 0 Å². The maximum atomic E-state index is 11.8. The molecule has 110 valence electrons. The summed E-state index contributed by atoms with van der Waals surface area (Å²) in [7, 11) is 1.50. The van der Waals surface area contributed by atoms with Crippen molar-refractivity contribution in [1.82, 2.24) is 5.32 Å². The highest BCUT2D eigenvalue weighted by molar-refractivity contribution is 6.39. The molecule has 1 aromatic carbocycles. The predicted octanol–water partition coefficient (Wildman–Crippen LogP) is 1.59. The van der Waals surface area contributed by atoms with Gasteiger partial charge in [0.2, 0.25) is 0 Å². The minimum Gasteiger partial charge on any atom is -0.495 e. The van der Waals surface area contributed by atoms with Gasteiger partial charge in [0.15, 0.2) is 0 Å². The summed E-state index contributed by atoms with van der Waals surface area (Å²) < 4.78 is 10.0. The van der Waals surface area contributed by atoms with E-state index < -0.39 is 11.8 Å². The fraction of sp³-hybridized carbons (Fsp3) is 0.200. The van der Waals surface area contributed by atoms with Gasteiger partial charge in [0.05, 0.1) is 25.3 Å². The van der Waals surface area contributed by atoms with Crippen molar-refractivity contribution in [2.45, 2.75) is 6.42 Å². The summed E-state index contributed by atoms with van der Waals surface area (Å²) in [6.07, 6.45) is 3.76. The second-order valence-corrected chi connectivity index (χ2v) is 4.29. The third-order valence-corrected chi connectivity index (χ3v) is 2.84. The third kappa shape index (κ3) is 4.10. The molecule has 0 bridgehead atoms. The predicted molar refractivity (Wildman–Crippen MR) is 77.0 cm³/mol. The number of furan rings is 1. The fourth-order valence-electron chi connectivity index (χ4n) is 1.76. The molecule has 2 aromatic rings. The summed E-state index contributed by atoms with van der Waals surface area (Å²) in [6.45, 7) is 0.359. The standard InChI is InChI=1S/C15H16N2O4/c1-20-13-5-3-2-4-12(13)17-15(19)14(18)16-8-6-11-7-9-21-10-11/h2-5,7,9-10H,6,8H2,1H3,(H,16,18)(H,17,19). The lowest BCUT2D eigenvalue weighted by Gasteiger charge is -2.09. The van der Waals surface area contributed by atoms with Gasteiger partial charge in [0.1, 0.15) is 5.75 Å². The molecule has 0 spiro atoms. The van der Waals surface area contributed by atoms with E-state index in [1.807, 2.05) is 0 Å². The molecule has 6 nitrogen and oxygen atoms in total. The maximum absolute atomic E-state index is 11.8. The molecule has 0 radical (unpaired) electrons. The Kier molecular flexibility index (Phi) is 4.98. The van der Waals surface area contributed by atoms with Crippen LogP contribution in [-0.4, -0.2) is 25.5 Å². The van der Waals surface area contributed by atoms with Gasteiger partial charge in [-0.25, -0.2) is 0 Å². The van der Waals surface area contributed by atoms with E-state index in [0.29, 0.717) is 24.4 Å². The van der Waals surface area contributed by atoms with Crippen LogP contribution in [0.15, 0.2) is 47.3 Å². The molecular formula is C15H16N2O4. The van der Waals surface area contributed by atoms with Gasteiger partial charge in [-0.3, -0.25) is 9.59 Å². The van der Waals surface area contributed by atoms with E-state index in [4.69, 9.17) is 9.15 Å². The van der Waals surface area contributed by atoms with Crippen molar-refractivity contribution in [1.29, 1.82) is 0 Å². The van der Waals surface area contributed by atoms with E-state index in [-0.39, 0.29) is 0 Å². The number of amides is 2. The molecule has 0 saturated heterocycles. The van der Waals surface area contributed by atoms with Crippen LogP contribution in [0.1, 0.15) is 5.56 Å². The van der Waals surface area contributed by atoms with Gasteiger partial charge in [-0.05, 0) is 30.2 Å². The van der Waals surface area contributed by atoms with Gasteiger partial charge >= 0.3 is 11.8 Å². The Hall–Kier alpha value is -2.76. The highest BCUT2D eigenvalue weighted by Gasteiger charge is 2.14. The molecule has 2 rings (SSSR count). The Morgan fingerprint density at radius 1 is 1.19 bits per heavy atom. The monoisotopic (exact) mass is 288 g/mol. The first-order chi connectivity index (χ1) is 10.2. The molecule has 0 unspecified atom stereocenters. The molecule has 0 aliphatic rings. The average Bonchev–Trinajstić information content (AvgIpc) is 3.01. The minimum absolute atomic E-state index is 0.359. The number of hydrogen-bond acceptors (Lipinski definition) is 4. The van der Waals surface area contributed by atoms with Crippen LogP contribution < -0.4 is 15.4 Å². The van der Waals surface area contributed by atoms with Crippen LogP contribution in [0.3, 0.4) is 0 Å². The smallest absolute Gasteiger partial charge is 0.313 e. The Morgan fingerprint density at radius 3 is 2.71 bits per heavy atom. The molecule has 2 amide bonds. The van der Waals surface area contributed by atoms with E-state index in [0.717, 1.165) is 5.56 Å². The van der Waals surface area contributed by atoms with Crippen molar-refractivity contribution in [2.24, 2.45) is 0 Å². The number of para-hydroxylation sites is 2. The molecule has 0 atom stereocenters. The van der Waals surface area contributed by atoms with Crippen LogP contribution in [0.4, 0.5) is 5.69 Å². The molecule has 0 fully saturated rings. The molecule has 0 saturated carbocycles. The number of nitrogens with one attached hydrogen (secondary N) is 2. The number of anilines is 1. The van der Waals surface area contributed by atoms with E-state index >= 15 is 0 Å². The zero-order valence-corrected chi connectivity index (χ0v) is 11.6. The van der Waals surface area contributed by atoms with Gasteiger partial charge in [0, 0.05) is 6.54 Å². The fourth-order valence-corrected chi connectivity index (χ4v) is 1.76. The average molecular weight is 288 g/mol. The van der Waals surface area contributed by atoms with Crippen LogP contribution >= 0.6 is 0 Å². The van der Waals surface area contributed by atoms with Gasteiger partial charge in [-0.1, -0.05) is 12.1 Å². The molecule has 21 heavy (non-hydrogen) atoms. The lowest BCUT2D eigenvalue weighted by Crippen LogP contribution is -2.36. The minimum atomic E-state index is -0.730. The van der Waals surface area contributed by atoms with Crippen LogP contribution in [0.5, 0.6) is 5.75 Å². The molecule has 0 aliphatic carbocycles. The largest absolute Gasteiger partial charge is 0.495 e. The van der Waals surface area contributed by atoms with Crippen LogP contribution in [-0.2, 0) is 16.0 Å². The summed E-state index contributed by atoms with van der Waals surface area (Å²) in [5.41, 5.74) is 1.41. The number of hydrogen-bond donors (Lipinski definition) is 2. The summed E-state index contributed by atoms with van der Waals surface area (Å²) in [5.74, 6) is -0.923. The van der Waals surface area contributed by atoms with Gasteiger partial charge < -0.3 is 19.8 Å².